The molecule has 1 heteroatoms. The predicted octanol–water partition coefficient (Wildman–Crippen LogP) is 6.17. The van der Waals surface area contributed by atoms with E-state index >= 15 is 0 Å². The Labute approximate surface area is 154 Å². The van der Waals surface area contributed by atoms with Crippen LogP contribution < -0.4 is 4.90 Å². The molecule has 1 nitrogen and oxygen atoms in total. The highest BCUT2D eigenvalue weighted by atomic mass is 15.1. The average molecular weight is 339 g/mol. The molecular formula is C23H48N+. The molecule has 1 fully saturated rings. The van der Waals surface area contributed by atoms with Crippen LogP contribution in [0.2, 0.25) is 0 Å². The predicted molar refractivity (Wildman–Crippen MR) is 109 cm³/mol. The van der Waals surface area contributed by atoms with E-state index in [9.17, 15) is 0 Å². The van der Waals surface area contributed by atoms with Crippen LogP contribution in [0, 0.1) is 5.92 Å². The molecule has 0 aromatic carbocycles. The molecule has 1 aliphatic heterocycles. The van der Waals surface area contributed by atoms with Gasteiger partial charge < -0.3 is 4.90 Å². The fourth-order valence-corrected chi connectivity index (χ4v) is 4.35. The fourth-order valence-electron chi connectivity index (χ4n) is 4.35. The highest BCUT2D eigenvalue weighted by molar-refractivity contribution is 4.63. The van der Waals surface area contributed by atoms with E-state index in [1.54, 1.807) is 0 Å². The summed E-state index contributed by atoms with van der Waals surface area (Å²) in [4.78, 5) is 1.92. The summed E-state index contributed by atoms with van der Waals surface area (Å²) in [6.45, 7) is 9.01. The zero-order chi connectivity index (χ0) is 17.3. The summed E-state index contributed by atoms with van der Waals surface area (Å²) in [7, 11) is 0. The SMILES string of the molecule is CCCCCCCCCC[NH+]1CCC(CCCCCCCC)CC1. The van der Waals surface area contributed by atoms with Crippen molar-refractivity contribution in [1.82, 2.24) is 0 Å². The number of hydrogen-bond donors (Lipinski definition) is 1. The van der Waals surface area contributed by atoms with Gasteiger partial charge in [0.15, 0.2) is 0 Å². The molecule has 1 heterocycles. The van der Waals surface area contributed by atoms with Crippen molar-refractivity contribution in [3.8, 4) is 0 Å². The molecule has 24 heavy (non-hydrogen) atoms. The number of quaternary nitrogens is 1. The van der Waals surface area contributed by atoms with Crippen LogP contribution in [-0.4, -0.2) is 19.6 Å². The number of likely N-dealkylation sites (tertiary alicyclic amines) is 1. The molecule has 0 spiro atoms. The topological polar surface area (TPSA) is 4.44 Å². The van der Waals surface area contributed by atoms with Gasteiger partial charge in [-0.05, 0) is 31.6 Å². The first-order chi connectivity index (χ1) is 11.9. The molecule has 1 aliphatic rings. The first kappa shape index (κ1) is 22.0. The zero-order valence-electron chi connectivity index (χ0n) is 17.2. The van der Waals surface area contributed by atoms with Gasteiger partial charge in [0.05, 0.1) is 19.6 Å². The number of rotatable bonds is 16. The molecule has 1 saturated heterocycles. The summed E-state index contributed by atoms with van der Waals surface area (Å²) >= 11 is 0. The number of piperidine rings is 1. The lowest BCUT2D eigenvalue weighted by molar-refractivity contribution is -0.906. The molecule has 0 saturated carbocycles. The Morgan fingerprint density at radius 3 is 1.58 bits per heavy atom. The third-order valence-corrected chi connectivity index (χ3v) is 6.16. The van der Waals surface area contributed by atoms with Gasteiger partial charge >= 0.3 is 0 Å². The van der Waals surface area contributed by atoms with Crippen molar-refractivity contribution in [2.75, 3.05) is 19.6 Å². The molecule has 0 unspecified atom stereocenters. The van der Waals surface area contributed by atoms with Gasteiger partial charge in [-0.2, -0.15) is 0 Å². The van der Waals surface area contributed by atoms with E-state index in [0.29, 0.717) is 0 Å². The zero-order valence-corrected chi connectivity index (χ0v) is 17.2. The van der Waals surface area contributed by atoms with Crippen LogP contribution in [0.4, 0.5) is 0 Å². The molecular weight excluding hydrogens is 290 g/mol. The van der Waals surface area contributed by atoms with Gasteiger partial charge in [-0.3, -0.25) is 0 Å². The van der Waals surface area contributed by atoms with E-state index in [2.05, 4.69) is 13.8 Å². The van der Waals surface area contributed by atoms with Gasteiger partial charge in [0.2, 0.25) is 0 Å². The quantitative estimate of drug-likeness (QED) is 0.321. The van der Waals surface area contributed by atoms with Gasteiger partial charge in [-0.15, -0.1) is 0 Å². The van der Waals surface area contributed by atoms with E-state index in [4.69, 9.17) is 0 Å². The lowest BCUT2D eigenvalue weighted by atomic mass is 9.91. The Hall–Kier alpha value is -0.0400. The largest absolute Gasteiger partial charge is 0.335 e. The minimum Gasteiger partial charge on any atom is -0.335 e. The Morgan fingerprint density at radius 2 is 1.04 bits per heavy atom. The highest BCUT2D eigenvalue weighted by Gasteiger charge is 2.21. The Balaban J connectivity index is 1.85. The molecule has 144 valence electrons. The summed E-state index contributed by atoms with van der Waals surface area (Å²) in [5.41, 5.74) is 0. The molecule has 1 N–H and O–H groups in total. The maximum Gasteiger partial charge on any atom is 0.0773 e. The average Bonchev–Trinajstić information content (AvgIpc) is 2.61. The maximum absolute atomic E-state index is 2.31. The molecule has 0 aromatic rings. The molecule has 0 aliphatic carbocycles. The van der Waals surface area contributed by atoms with Crippen LogP contribution in [0.3, 0.4) is 0 Å². The van der Waals surface area contributed by atoms with Crippen LogP contribution in [0.25, 0.3) is 0 Å². The first-order valence-electron chi connectivity index (χ1n) is 11.7. The van der Waals surface area contributed by atoms with Crippen LogP contribution >= 0.6 is 0 Å². The fraction of sp³-hybridized carbons (Fsp3) is 1.00. The van der Waals surface area contributed by atoms with E-state index < -0.39 is 0 Å². The Kier molecular flexibility index (Phi) is 15.1. The van der Waals surface area contributed by atoms with Gasteiger partial charge in [0.25, 0.3) is 0 Å². The van der Waals surface area contributed by atoms with Crippen molar-refractivity contribution in [2.45, 2.75) is 123 Å². The molecule has 0 aromatic heterocycles. The second-order valence-electron chi connectivity index (χ2n) is 8.47. The summed E-state index contributed by atoms with van der Waals surface area (Å²) in [6.07, 6.45) is 25.0. The maximum atomic E-state index is 2.31. The van der Waals surface area contributed by atoms with Gasteiger partial charge in [0, 0.05) is 0 Å². The van der Waals surface area contributed by atoms with Crippen molar-refractivity contribution >= 4 is 0 Å². The van der Waals surface area contributed by atoms with Crippen molar-refractivity contribution in [3.05, 3.63) is 0 Å². The van der Waals surface area contributed by atoms with Gasteiger partial charge in [-0.1, -0.05) is 97.3 Å². The Morgan fingerprint density at radius 1 is 0.583 bits per heavy atom. The van der Waals surface area contributed by atoms with Crippen LogP contribution in [0.1, 0.15) is 123 Å². The molecule has 0 radical (unpaired) electrons. The second-order valence-corrected chi connectivity index (χ2v) is 8.47. The smallest absolute Gasteiger partial charge is 0.0773 e. The van der Waals surface area contributed by atoms with Crippen LogP contribution in [0.15, 0.2) is 0 Å². The third-order valence-electron chi connectivity index (χ3n) is 6.16. The van der Waals surface area contributed by atoms with Crippen molar-refractivity contribution in [2.24, 2.45) is 5.92 Å². The molecule has 0 atom stereocenters. The highest BCUT2D eigenvalue weighted by Crippen LogP contribution is 2.19. The van der Waals surface area contributed by atoms with E-state index in [0.717, 1.165) is 5.92 Å². The van der Waals surface area contributed by atoms with E-state index in [-0.39, 0.29) is 0 Å². The second kappa shape index (κ2) is 16.4. The third kappa shape index (κ3) is 12.3. The monoisotopic (exact) mass is 338 g/mol. The van der Waals surface area contributed by atoms with E-state index in [1.165, 1.54) is 129 Å². The lowest BCUT2D eigenvalue weighted by Gasteiger charge is -2.29. The van der Waals surface area contributed by atoms with Crippen molar-refractivity contribution < 1.29 is 4.90 Å². The first-order valence-corrected chi connectivity index (χ1v) is 11.7. The van der Waals surface area contributed by atoms with Crippen molar-refractivity contribution in [1.29, 1.82) is 0 Å². The van der Waals surface area contributed by atoms with Crippen LogP contribution in [-0.2, 0) is 0 Å². The van der Waals surface area contributed by atoms with Gasteiger partial charge in [0.1, 0.15) is 0 Å². The number of unbranched alkanes of at least 4 members (excludes halogenated alkanes) is 12. The normalized spacial score (nSPS) is 21.2. The van der Waals surface area contributed by atoms with Crippen molar-refractivity contribution in [3.63, 3.8) is 0 Å². The molecule has 0 bridgehead atoms. The number of hydrogen-bond acceptors (Lipinski definition) is 0. The lowest BCUT2D eigenvalue weighted by Crippen LogP contribution is -3.13. The van der Waals surface area contributed by atoms with E-state index in [1.807, 2.05) is 4.90 Å². The summed E-state index contributed by atoms with van der Waals surface area (Å²) in [5.74, 6) is 1.07. The van der Waals surface area contributed by atoms with Crippen LogP contribution in [0.5, 0.6) is 0 Å². The Bertz CT molecular complexity index is 242. The minimum atomic E-state index is 1.07. The molecule has 1 rings (SSSR count). The number of nitrogens with one attached hydrogen (secondary N) is 1. The van der Waals surface area contributed by atoms with Gasteiger partial charge in [-0.25, -0.2) is 0 Å². The summed E-state index contributed by atoms with van der Waals surface area (Å²) < 4.78 is 0. The summed E-state index contributed by atoms with van der Waals surface area (Å²) in [5, 5.41) is 0. The minimum absolute atomic E-state index is 1.07. The molecule has 0 amide bonds. The standard InChI is InChI=1S/C23H47N/c1-3-5-7-9-11-12-14-16-20-24-21-18-23(19-22-24)17-15-13-10-8-6-4-2/h23H,3-22H2,1-2H3/p+1. The summed E-state index contributed by atoms with van der Waals surface area (Å²) in [6, 6.07) is 0.